The van der Waals surface area contributed by atoms with E-state index in [1.807, 2.05) is 115 Å². The van der Waals surface area contributed by atoms with E-state index in [-0.39, 0.29) is 39.7 Å². The summed E-state index contributed by atoms with van der Waals surface area (Å²) in [5, 5.41) is 46.5. The zero-order valence-corrected chi connectivity index (χ0v) is 78.6. The van der Waals surface area contributed by atoms with Crippen molar-refractivity contribution in [3.05, 3.63) is 573 Å². The minimum atomic E-state index is -1.48. The van der Waals surface area contributed by atoms with Crippen LogP contribution in [0.1, 0.15) is 122 Å². The number of hydrogen-bond acceptors (Lipinski definition) is 8. The predicted molar refractivity (Wildman–Crippen MR) is 532 cm³/mol. The van der Waals surface area contributed by atoms with Gasteiger partial charge < -0.3 is 63.7 Å². The average Bonchev–Trinajstić information content (AvgIpc) is 0.788. The molecule has 10 nitrogen and oxygen atoms in total. The summed E-state index contributed by atoms with van der Waals surface area (Å²) in [6.07, 6.45) is 10.6. The summed E-state index contributed by atoms with van der Waals surface area (Å²) >= 11 is 7.13. The maximum absolute atomic E-state index is 12.0. The Morgan fingerprint density at radius 2 is 0.492 bits per heavy atom. The molecule has 0 aliphatic rings. The quantitative estimate of drug-likeness (QED) is 0.0132. The second-order valence-corrected chi connectivity index (χ2v) is 31.7. The highest BCUT2D eigenvalue weighted by molar-refractivity contribution is 9.08. The Bertz CT molecular complexity index is 6210. The van der Waals surface area contributed by atoms with Gasteiger partial charge in [-0.25, -0.2) is 9.13 Å². The molecule has 0 unspecified atom stereocenters. The highest BCUT2D eigenvalue weighted by atomic mass is 79.9. The van der Waals surface area contributed by atoms with Gasteiger partial charge in [0.15, 0.2) is 43.7 Å². The number of hydrogen-bond donors (Lipinski definition) is 5. The van der Waals surface area contributed by atoms with Gasteiger partial charge in [0, 0.05) is 69.6 Å². The molecule has 17 heteroatoms. The van der Waals surface area contributed by atoms with E-state index in [9.17, 15) is 14.8 Å². The molecule has 17 aromatic rings. The molecule has 3 aromatic heterocycles. The smallest absolute Gasteiger partial charge is 0.569 e. The number of aromatic nitrogens is 3. The molecule has 0 aliphatic heterocycles. The van der Waals surface area contributed by atoms with Crippen LogP contribution in [0.25, 0.3) is 33.4 Å². The van der Waals surface area contributed by atoms with Crippen molar-refractivity contribution in [1.82, 2.24) is 4.98 Å². The van der Waals surface area contributed by atoms with Gasteiger partial charge in [0.1, 0.15) is 5.75 Å². The number of ketones is 1. The Morgan fingerprint density at radius 3 is 0.731 bits per heavy atom. The minimum absolute atomic E-state index is 0. The number of alkyl halides is 2. The molecule has 5 N–H and O–H groups in total. The number of pyridine rings is 3. The van der Waals surface area contributed by atoms with Gasteiger partial charge in [-0.2, -0.15) is 0 Å². The predicted octanol–water partition coefficient (Wildman–Crippen LogP) is 15.7. The molecule has 1 radical (unpaired) electrons. The Kier molecular flexibility index (Phi) is 38.2. The lowest BCUT2D eigenvalue weighted by Gasteiger charge is -2.18. The van der Waals surface area contributed by atoms with Gasteiger partial charge in [-0.1, -0.05) is 431 Å². The molecular formula is C113H97B3Br4N3O7. The third-order valence-electron chi connectivity index (χ3n) is 21.4. The fraction of sp³-hybridized carbons (Fsp3) is 0.0619. The SMILES string of the molecule is BrCc1ccc(C(=C(c2ccccc2)c2ccc(CBr)cc2)c2ccccc2)cc1.Cc1ccc(C(=C(c2ccccc2)c2ccc(C)cc2)c2ccccc2)cc1.Cc1ccc(C(=O)c2ccccc2)cc1.OB(O)c1ccncc1.O[B]Oc1cc[n+](Cc2ccc(C(=C(c3ccccc3)c3ccc(C[n+]4ccc(B(O)O)cc4)cc3)c3ccccc3)cc2)cc1.[Br-].[Br-]. The normalized spacial score (nSPS) is 11.1. The van der Waals surface area contributed by atoms with Gasteiger partial charge in [0.05, 0.1) is 0 Å². The summed E-state index contributed by atoms with van der Waals surface area (Å²) in [4.78, 5) is 15.7. The standard InChI is InChI=1S/C38H33B2N2O4.C28H22Br2.C28H24.C14H12O.C5H6BNO2.2BrH/c43-39-46-36-21-25-42(26-22-36)28-30-13-17-34(18-14-30)38(32-9-5-2-6-10-32)37(31-7-3-1-4-8-31)33-15-11-29(12-16-33)27-41-23-19-35(20-24-41)40(44)45;29-19-21-11-15-25(16-12-21)27(23-7-3-1-4-8-23)28(24-9-5-2-6-10-24)26-17-13-22(20-30)14-18-26;1-21-13-17-25(18-14-21)27(23-9-5-3-6-10-23)28(24-11-7-4-8-12-24)26-19-15-22(2)16-20-26;1-11-7-9-13(10-8-11)14(15)12-5-3-2-4-6-12;8-6(9)5-1-3-7-4-2-5;;/h1-26,43-45H,27-28H2;1-18H,19-20H2;3-20H,1-2H3;2-10H,1H3;1-4,8-9H;2*1H/q+2;;;;;;/p-2. The molecule has 14 aromatic carbocycles. The lowest BCUT2D eigenvalue weighted by molar-refractivity contribution is -0.688. The highest BCUT2D eigenvalue weighted by Crippen LogP contribution is 2.41. The van der Waals surface area contributed by atoms with Crippen LogP contribution in [-0.2, 0) is 23.7 Å². The fourth-order valence-electron chi connectivity index (χ4n) is 14.7. The topological polar surface area (TPSA) is 148 Å². The summed E-state index contributed by atoms with van der Waals surface area (Å²) in [5.41, 5.74) is 32.5. The minimum Gasteiger partial charge on any atom is -1.00 e. The maximum atomic E-state index is 12.0. The second kappa shape index (κ2) is 50.8. The molecule has 0 amide bonds. The summed E-state index contributed by atoms with van der Waals surface area (Å²) in [7, 11) is -2.18. The van der Waals surface area contributed by atoms with Gasteiger partial charge >= 0.3 is 21.9 Å². The first-order chi connectivity index (χ1) is 62.7. The van der Waals surface area contributed by atoms with Crippen LogP contribution in [-0.4, -0.2) is 57.8 Å². The van der Waals surface area contributed by atoms with Crippen LogP contribution in [0.3, 0.4) is 0 Å². The van der Waals surface area contributed by atoms with E-state index in [0.29, 0.717) is 37.4 Å². The summed E-state index contributed by atoms with van der Waals surface area (Å²) in [6, 6.07) is 144. The zero-order chi connectivity index (χ0) is 89.2. The number of carbonyl (C=O) groups is 1. The number of benzene rings is 14. The van der Waals surface area contributed by atoms with Crippen molar-refractivity contribution >= 4 is 104 Å². The molecule has 0 bridgehead atoms. The molecule has 0 fully saturated rings. The van der Waals surface area contributed by atoms with Crippen LogP contribution in [0.4, 0.5) is 0 Å². The van der Waals surface area contributed by atoms with Gasteiger partial charge in [-0.15, -0.1) is 0 Å². The molecule has 0 saturated carbocycles. The molecular weight excluding hydrogens is 1860 g/mol. The monoisotopic (exact) mass is 1960 g/mol. The van der Waals surface area contributed by atoms with E-state index < -0.39 is 14.2 Å². The summed E-state index contributed by atoms with van der Waals surface area (Å²) < 4.78 is 9.11. The summed E-state index contributed by atoms with van der Waals surface area (Å²) in [6.45, 7) is 7.63. The Labute approximate surface area is 802 Å². The molecule has 0 saturated heterocycles. The molecule has 17 rings (SSSR count). The summed E-state index contributed by atoms with van der Waals surface area (Å²) in [5.74, 6) is 0.653. The van der Waals surface area contributed by atoms with Gasteiger partial charge in [0.25, 0.3) is 0 Å². The average molecular weight is 1960 g/mol. The molecule has 3 heterocycles. The number of nitrogens with zero attached hydrogens (tertiary/aromatic N) is 3. The van der Waals surface area contributed by atoms with Crippen molar-refractivity contribution in [3.63, 3.8) is 0 Å². The van der Waals surface area contributed by atoms with Crippen molar-refractivity contribution in [3.8, 4) is 5.75 Å². The first kappa shape index (κ1) is 97.7. The number of rotatable bonds is 24. The third kappa shape index (κ3) is 27.8. The van der Waals surface area contributed by atoms with Crippen LogP contribution in [0.15, 0.2) is 456 Å². The second-order valence-electron chi connectivity index (χ2n) is 30.6. The fourth-order valence-corrected chi connectivity index (χ4v) is 15.5. The van der Waals surface area contributed by atoms with Crippen molar-refractivity contribution in [2.75, 3.05) is 0 Å². The van der Waals surface area contributed by atoms with Gasteiger partial charge in [-0.3, -0.25) is 9.78 Å². The van der Waals surface area contributed by atoms with Crippen LogP contribution in [0.5, 0.6) is 5.75 Å². The van der Waals surface area contributed by atoms with E-state index >= 15 is 0 Å². The van der Waals surface area contributed by atoms with E-state index in [1.165, 1.54) is 107 Å². The third-order valence-corrected chi connectivity index (χ3v) is 22.7. The van der Waals surface area contributed by atoms with Crippen LogP contribution < -0.4 is 58.7 Å². The Hall–Kier alpha value is -12.9. The largest absolute Gasteiger partial charge is 1.00 e. The van der Waals surface area contributed by atoms with Crippen LogP contribution in [0.2, 0.25) is 0 Å². The first-order valence-corrected chi connectivity index (χ1v) is 44.5. The number of carbonyl (C=O) groups excluding carboxylic acids is 1. The zero-order valence-electron chi connectivity index (χ0n) is 72.3. The highest BCUT2D eigenvalue weighted by Gasteiger charge is 2.22. The number of aryl methyl sites for hydroxylation is 3. The first-order valence-electron chi connectivity index (χ1n) is 42.2. The molecule has 0 atom stereocenters. The maximum Gasteiger partial charge on any atom is 0.569 e. The van der Waals surface area contributed by atoms with Crippen LogP contribution >= 0.6 is 31.9 Å². The van der Waals surface area contributed by atoms with Gasteiger partial charge in [0.2, 0.25) is 0 Å². The molecule has 0 aliphatic carbocycles. The Balaban J connectivity index is 0.000000170. The van der Waals surface area contributed by atoms with Crippen molar-refractivity contribution < 1.29 is 77.7 Å². The van der Waals surface area contributed by atoms with Crippen molar-refractivity contribution in [1.29, 1.82) is 0 Å². The van der Waals surface area contributed by atoms with Crippen molar-refractivity contribution in [2.24, 2.45) is 0 Å². The van der Waals surface area contributed by atoms with E-state index in [2.05, 4.69) is 371 Å². The molecule has 0 spiro atoms. The lowest BCUT2D eigenvalue weighted by atomic mass is 9.81. The van der Waals surface area contributed by atoms with Gasteiger partial charge in [-0.05, 0) is 155 Å². The molecule has 130 heavy (non-hydrogen) atoms. The van der Waals surface area contributed by atoms with E-state index in [4.69, 9.17) is 19.7 Å². The lowest BCUT2D eigenvalue weighted by Crippen LogP contribution is -3.00. The number of halogens is 4. The Morgan fingerprint density at radius 1 is 0.285 bits per heavy atom. The van der Waals surface area contributed by atoms with Crippen molar-refractivity contribution in [2.45, 2.75) is 44.5 Å². The van der Waals surface area contributed by atoms with E-state index in [1.54, 1.807) is 24.3 Å². The molecule has 643 valence electrons. The van der Waals surface area contributed by atoms with Crippen LogP contribution in [0, 0.1) is 20.8 Å². The van der Waals surface area contributed by atoms with E-state index in [0.717, 1.165) is 66.3 Å².